The molecule has 0 bridgehead atoms. The Balaban J connectivity index is 1.84. The summed E-state index contributed by atoms with van der Waals surface area (Å²) in [6.07, 6.45) is 3.69. The molecule has 0 amide bonds. The molecule has 1 N–H and O–H groups in total. The molecule has 5 heteroatoms. The van der Waals surface area contributed by atoms with Crippen LogP contribution >= 0.6 is 27.5 Å². The molecule has 0 aliphatic rings. The fourth-order valence-corrected chi connectivity index (χ4v) is 2.70. The molecule has 0 fully saturated rings. The van der Waals surface area contributed by atoms with Crippen molar-refractivity contribution in [3.8, 4) is 5.69 Å². The average molecular weight is 363 g/mol. The van der Waals surface area contributed by atoms with Crippen LogP contribution in [0.2, 0.25) is 5.02 Å². The van der Waals surface area contributed by atoms with Crippen molar-refractivity contribution in [1.29, 1.82) is 0 Å². The van der Waals surface area contributed by atoms with E-state index in [-0.39, 0.29) is 0 Å². The Morgan fingerprint density at radius 3 is 2.81 bits per heavy atom. The standard InChI is InChI=1S/C16H13BrClN3/c17-13-6-7-14(18)12(10-13)11-19-15-4-1-2-5-16(15)21-9-3-8-20-21/h1-10,19H,11H2. The Morgan fingerprint density at radius 2 is 2.00 bits per heavy atom. The van der Waals surface area contributed by atoms with Gasteiger partial charge in [-0.2, -0.15) is 5.10 Å². The van der Waals surface area contributed by atoms with Crippen LogP contribution in [-0.4, -0.2) is 9.78 Å². The molecular formula is C16H13BrClN3. The fraction of sp³-hybridized carbons (Fsp3) is 0.0625. The monoisotopic (exact) mass is 361 g/mol. The van der Waals surface area contributed by atoms with Crippen molar-refractivity contribution in [2.75, 3.05) is 5.32 Å². The average Bonchev–Trinajstić information content (AvgIpc) is 3.03. The van der Waals surface area contributed by atoms with Crippen molar-refractivity contribution >= 4 is 33.2 Å². The number of hydrogen-bond acceptors (Lipinski definition) is 2. The molecule has 3 aromatic rings. The normalized spacial score (nSPS) is 10.6. The maximum atomic E-state index is 6.22. The molecule has 0 atom stereocenters. The van der Waals surface area contributed by atoms with Gasteiger partial charge in [-0.3, -0.25) is 0 Å². The second-order valence-corrected chi connectivity index (χ2v) is 5.88. The van der Waals surface area contributed by atoms with Crippen molar-refractivity contribution in [3.63, 3.8) is 0 Å². The van der Waals surface area contributed by atoms with Gasteiger partial charge in [0.25, 0.3) is 0 Å². The molecule has 0 unspecified atom stereocenters. The molecule has 3 rings (SSSR count). The number of benzene rings is 2. The highest BCUT2D eigenvalue weighted by Gasteiger charge is 2.06. The quantitative estimate of drug-likeness (QED) is 0.715. The van der Waals surface area contributed by atoms with Crippen LogP contribution in [-0.2, 0) is 6.54 Å². The van der Waals surface area contributed by atoms with Crippen molar-refractivity contribution in [2.45, 2.75) is 6.54 Å². The van der Waals surface area contributed by atoms with Gasteiger partial charge in [-0.25, -0.2) is 4.68 Å². The summed E-state index contributed by atoms with van der Waals surface area (Å²) in [5.41, 5.74) is 3.06. The Kier molecular flexibility index (Phi) is 4.27. The molecule has 0 saturated carbocycles. The molecule has 21 heavy (non-hydrogen) atoms. The van der Waals surface area contributed by atoms with Crippen LogP contribution < -0.4 is 5.32 Å². The van der Waals surface area contributed by atoms with Crippen LogP contribution in [0.25, 0.3) is 5.69 Å². The molecule has 0 radical (unpaired) electrons. The lowest BCUT2D eigenvalue weighted by molar-refractivity contribution is 0.879. The third-order valence-electron chi connectivity index (χ3n) is 3.13. The number of anilines is 1. The summed E-state index contributed by atoms with van der Waals surface area (Å²) in [6.45, 7) is 0.649. The zero-order chi connectivity index (χ0) is 14.7. The lowest BCUT2D eigenvalue weighted by atomic mass is 10.2. The van der Waals surface area contributed by atoms with Gasteiger partial charge < -0.3 is 5.32 Å². The van der Waals surface area contributed by atoms with Gasteiger partial charge in [0.15, 0.2) is 0 Å². The lowest BCUT2D eigenvalue weighted by Gasteiger charge is -2.13. The van der Waals surface area contributed by atoms with Crippen LogP contribution in [0.4, 0.5) is 5.69 Å². The predicted octanol–water partition coefficient (Wildman–Crippen LogP) is 4.90. The zero-order valence-electron chi connectivity index (χ0n) is 11.1. The Hall–Kier alpha value is -1.78. The number of aromatic nitrogens is 2. The molecule has 1 aromatic heterocycles. The summed E-state index contributed by atoms with van der Waals surface area (Å²) >= 11 is 9.69. The van der Waals surface area contributed by atoms with E-state index in [2.05, 4.69) is 26.3 Å². The first-order chi connectivity index (χ1) is 10.2. The van der Waals surface area contributed by atoms with Crippen molar-refractivity contribution in [1.82, 2.24) is 9.78 Å². The van der Waals surface area contributed by atoms with E-state index in [9.17, 15) is 0 Å². The largest absolute Gasteiger partial charge is 0.379 e. The first kappa shape index (κ1) is 14.2. The molecule has 3 nitrogen and oxygen atoms in total. The summed E-state index contributed by atoms with van der Waals surface area (Å²) in [6, 6.07) is 15.8. The number of hydrogen-bond donors (Lipinski definition) is 1. The molecule has 0 aliphatic heterocycles. The van der Waals surface area contributed by atoms with Crippen LogP contribution in [0.1, 0.15) is 5.56 Å². The highest BCUT2D eigenvalue weighted by atomic mass is 79.9. The van der Waals surface area contributed by atoms with Crippen LogP contribution in [0.3, 0.4) is 0 Å². The minimum Gasteiger partial charge on any atom is -0.379 e. The predicted molar refractivity (Wildman–Crippen MR) is 90.0 cm³/mol. The topological polar surface area (TPSA) is 29.9 Å². The second kappa shape index (κ2) is 6.33. The number of rotatable bonds is 4. The molecule has 2 aromatic carbocycles. The number of nitrogens with one attached hydrogen (secondary N) is 1. The Morgan fingerprint density at radius 1 is 1.14 bits per heavy atom. The Bertz CT molecular complexity index is 741. The first-order valence-corrected chi connectivity index (χ1v) is 7.68. The van der Waals surface area contributed by atoms with E-state index in [1.165, 1.54) is 0 Å². The molecule has 0 saturated heterocycles. The van der Waals surface area contributed by atoms with E-state index in [1.54, 1.807) is 6.20 Å². The van der Waals surface area contributed by atoms with Crippen LogP contribution in [0.5, 0.6) is 0 Å². The van der Waals surface area contributed by atoms with Crippen LogP contribution in [0, 0.1) is 0 Å². The van der Waals surface area contributed by atoms with Gasteiger partial charge >= 0.3 is 0 Å². The molecule has 106 valence electrons. The highest BCUT2D eigenvalue weighted by Crippen LogP contribution is 2.24. The van der Waals surface area contributed by atoms with E-state index in [1.807, 2.05) is 59.4 Å². The lowest BCUT2D eigenvalue weighted by Crippen LogP contribution is -2.05. The summed E-state index contributed by atoms with van der Waals surface area (Å²) in [4.78, 5) is 0. The molecule has 0 aliphatic carbocycles. The third-order valence-corrected chi connectivity index (χ3v) is 3.99. The smallest absolute Gasteiger partial charge is 0.0876 e. The first-order valence-electron chi connectivity index (χ1n) is 6.51. The maximum Gasteiger partial charge on any atom is 0.0876 e. The third kappa shape index (κ3) is 3.28. The Labute approximate surface area is 136 Å². The maximum absolute atomic E-state index is 6.22. The highest BCUT2D eigenvalue weighted by molar-refractivity contribution is 9.10. The van der Waals surface area contributed by atoms with Gasteiger partial charge in [-0.1, -0.05) is 39.7 Å². The molecular weight excluding hydrogens is 350 g/mol. The number of nitrogens with zero attached hydrogens (tertiary/aromatic N) is 2. The van der Waals surface area contributed by atoms with Gasteiger partial charge in [-0.15, -0.1) is 0 Å². The molecule has 1 heterocycles. The van der Waals surface area contributed by atoms with E-state index < -0.39 is 0 Å². The number of para-hydroxylation sites is 2. The fourth-order valence-electron chi connectivity index (χ4n) is 2.10. The van der Waals surface area contributed by atoms with Crippen molar-refractivity contribution in [3.05, 3.63) is 76.0 Å². The van der Waals surface area contributed by atoms with Gasteiger partial charge in [0, 0.05) is 28.4 Å². The van der Waals surface area contributed by atoms with E-state index in [4.69, 9.17) is 11.6 Å². The summed E-state index contributed by atoms with van der Waals surface area (Å²) < 4.78 is 2.86. The molecule has 0 spiro atoms. The van der Waals surface area contributed by atoms with Crippen molar-refractivity contribution < 1.29 is 0 Å². The SMILES string of the molecule is Clc1ccc(Br)cc1CNc1ccccc1-n1cccn1. The van der Waals surface area contributed by atoms with Gasteiger partial charge in [0.05, 0.1) is 11.4 Å². The van der Waals surface area contributed by atoms with Crippen LogP contribution in [0.15, 0.2) is 65.4 Å². The van der Waals surface area contributed by atoms with E-state index in [0.29, 0.717) is 6.54 Å². The minimum absolute atomic E-state index is 0.649. The van der Waals surface area contributed by atoms with E-state index >= 15 is 0 Å². The van der Waals surface area contributed by atoms with Gasteiger partial charge in [-0.05, 0) is 42.0 Å². The zero-order valence-corrected chi connectivity index (χ0v) is 13.5. The van der Waals surface area contributed by atoms with Crippen molar-refractivity contribution in [2.24, 2.45) is 0 Å². The summed E-state index contributed by atoms with van der Waals surface area (Å²) in [5.74, 6) is 0. The minimum atomic E-state index is 0.649. The summed E-state index contributed by atoms with van der Waals surface area (Å²) in [7, 11) is 0. The van der Waals surface area contributed by atoms with Gasteiger partial charge in [0.1, 0.15) is 0 Å². The summed E-state index contributed by atoms with van der Waals surface area (Å²) in [5, 5.41) is 8.45. The van der Waals surface area contributed by atoms with E-state index in [0.717, 1.165) is 26.4 Å². The van der Waals surface area contributed by atoms with Gasteiger partial charge in [0.2, 0.25) is 0 Å². The second-order valence-electron chi connectivity index (χ2n) is 4.56. The number of halogens is 2.